The molecule has 2 nitrogen and oxygen atoms in total. The van der Waals surface area contributed by atoms with Gasteiger partial charge in [0.05, 0.1) is 12.6 Å². The molecule has 38 valence electrons. The highest BCUT2D eigenvalue weighted by Gasteiger charge is 2.38. The van der Waals surface area contributed by atoms with Crippen molar-refractivity contribution in [1.82, 2.24) is 0 Å². The maximum Gasteiger partial charge on any atom is 0.0741 e. The van der Waals surface area contributed by atoms with Crippen molar-refractivity contribution in [3.8, 4) is 0 Å². The average Bonchev–Trinajstić information content (AvgIpc) is 2.41. The molecule has 1 aliphatic heterocycles. The van der Waals surface area contributed by atoms with Crippen LogP contribution in [-0.4, -0.2) is 12.6 Å². The predicted octanol–water partition coefficient (Wildman–Crippen LogP) is 1.23. The summed E-state index contributed by atoms with van der Waals surface area (Å²) in [5.74, 6) is 0.942. The zero-order chi connectivity index (χ0) is 4.69. The second kappa shape index (κ2) is 1.05. The summed E-state index contributed by atoms with van der Waals surface area (Å²) < 4.78 is 0. The van der Waals surface area contributed by atoms with Gasteiger partial charge in [-0.05, 0) is 18.8 Å². The summed E-state index contributed by atoms with van der Waals surface area (Å²) >= 11 is 0. The zero-order valence-corrected chi connectivity index (χ0v) is 4.17. The van der Waals surface area contributed by atoms with Crippen LogP contribution in [0.2, 0.25) is 0 Å². The molecule has 1 saturated carbocycles. The first kappa shape index (κ1) is 3.58. The highest BCUT2D eigenvalue weighted by molar-refractivity contribution is 4.94. The third-order valence-corrected chi connectivity index (χ3v) is 1.72. The van der Waals surface area contributed by atoms with Crippen LogP contribution in [0.5, 0.6) is 0 Å². The molecule has 2 atom stereocenters. The molecule has 2 aliphatic rings. The van der Waals surface area contributed by atoms with E-state index >= 15 is 0 Å². The number of azo groups is 1. The molecule has 1 fully saturated rings. The lowest BCUT2D eigenvalue weighted by molar-refractivity contribution is 0.625. The van der Waals surface area contributed by atoms with Gasteiger partial charge in [-0.3, -0.25) is 0 Å². The average molecular weight is 96.1 g/mol. The van der Waals surface area contributed by atoms with Crippen LogP contribution in [0.15, 0.2) is 10.2 Å². The van der Waals surface area contributed by atoms with Gasteiger partial charge in [0.15, 0.2) is 0 Å². The van der Waals surface area contributed by atoms with Crippen molar-refractivity contribution < 1.29 is 0 Å². The largest absolute Gasteiger partial charge is 0.194 e. The minimum atomic E-state index is 0.661. The molecule has 1 heterocycles. The summed E-state index contributed by atoms with van der Waals surface area (Å²) in [6, 6.07) is 0.661. The molecule has 0 spiro atoms. The molecule has 0 N–H and O–H groups in total. The Balaban J connectivity index is 2.14. The second-order valence-corrected chi connectivity index (χ2v) is 2.33. The summed E-state index contributed by atoms with van der Waals surface area (Å²) in [5.41, 5.74) is 0. The first-order chi connectivity index (χ1) is 3.47. The molecule has 0 aromatic heterocycles. The maximum atomic E-state index is 4.03. The zero-order valence-electron chi connectivity index (χ0n) is 4.17. The summed E-state index contributed by atoms with van der Waals surface area (Å²) in [5, 5.41) is 7.95. The van der Waals surface area contributed by atoms with Crippen molar-refractivity contribution in [2.75, 3.05) is 6.54 Å². The van der Waals surface area contributed by atoms with Crippen LogP contribution < -0.4 is 0 Å². The van der Waals surface area contributed by atoms with E-state index in [0.29, 0.717) is 6.04 Å². The normalized spacial score (nSPS) is 45.7. The van der Waals surface area contributed by atoms with E-state index in [-0.39, 0.29) is 0 Å². The molecular weight excluding hydrogens is 88.1 g/mol. The molecule has 0 radical (unpaired) electrons. The lowest BCUT2D eigenvalue weighted by atomic mass is 10.3. The van der Waals surface area contributed by atoms with E-state index in [1.54, 1.807) is 0 Å². The number of hydrogen-bond acceptors (Lipinski definition) is 2. The van der Waals surface area contributed by atoms with Gasteiger partial charge in [-0.2, -0.15) is 10.2 Å². The molecule has 1 aliphatic carbocycles. The van der Waals surface area contributed by atoms with E-state index in [1.165, 1.54) is 12.8 Å². The van der Waals surface area contributed by atoms with E-state index in [1.807, 2.05) is 0 Å². The fourth-order valence-electron chi connectivity index (χ4n) is 1.07. The molecule has 0 aromatic rings. The van der Waals surface area contributed by atoms with Crippen LogP contribution in [0.25, 0.3) is 0 Å². The van der Waals surface area contributed by atoms with Crippen molar-refractivity contribution in [1.29, 1.82) is 0 Å². The Morgan fingerprint density at radius 1 is 1.43 bits per heavy atom. The minimum Gasteiger partial charge on any atom is -0.194 e. The van der Waals surface area contributed by atoms with Gasteiger partial charge in [0.25, 0.3) is 0 Å². The lowest BCUT2D eigenvalue weighted by Gasteiger charge is -1.95. The van der Waals surface area contributed by atoms with Gasteiger partial charge in [-0.1, -0.05) is 0 Å². The monoisotopic (exact) mass is 96.1 g/mol. The van der Waals surface area contributed by atoms with Crippen molar-refractivity contribution in [2.45, 2.75) is 18.9 Å². The number of hydrogen-bond donors (Lipinski definition) is 0. The van der Waals surface area contributed by atoms with Crippen LogP contribution in [0, 0.1) is 5.92 Å². The first-order valence-electron chi connectivity index (χ1n) is 2.83. The Labute approximate surface area is 42.6 Å². The van der Waals surface area contributed by atoms with E-state index < -0.39 is 0 Å². The Kier molecular flexibility index (Phi) is 0.540. The van der Waals surface area contributed by atoms with Crippen LogP contribution in [-0.2, 0) is 0 Å². The number of fused-ring (bicyclic) bond motifs is 1. The van der Waals surface area contributed by atoms with Gasteiger partial charge in [-0.15, -0.1) is 0 Å². The second-order valence-electron chi connectivity index (χ2n) is 2.33. The van der Waals surface area contributed by atoms with Gasteiger partial charge in [-0.25, -0.2) is 0 Å². The van der Waals surface area contributed by atoms with E-state index in [9.17, 15) is 0 Å². The SMILES string of the molecule is C1C[C@@H]2C[C@@H]2N=N1. The van der Waals surface area contributed by atoms with Gasteiger partial charge >= 0.3 is 0 Å². The maximum absolute atomic E-state index is 4.03. The highest BCUT2D eigenvalue weighted by Crippen LogP contribution is 2.39. The Bertz CT molecular complexity index is 109. The van der Waals surface area contributed by atoms with Crippen LogP contribution in [0.3, 0.4) is 0 Å². The molecule has 0 saturated heterocycles. The third-order valence-electron chi connectivity index (χ3n) is 1.72. The Morgan fingerprint density at radius 2 is 2.43 bits per heavy atom. The smallest absolute Gasteiger partial charge is 0.0741 e. The molecule has 0 bridgehead atoms. The molecule has 2 rings (SSSR count). The third kappa shape index (κ3) is 0.457. The molecule has 0 amide bonds. The van der Waals surface area contributed by atoms with Crippen LogP contribution in [0.1, 0.15) is 12.8 Å². The number of nitrogens with zero attached hydrogens (tertiary/aromatic N) is 2. The van der Waals surface area contributed by atoms with Crippen LogP contribution >= 0.6 is 0 Å². The molecule has 0 aromatic carbocycles. The van der Waals surface area contributed by atoms with Crippen molar-refractivity contribution in [2.24, 2.45) is 16.1 Å². The van der Waals surface area contributed by atoms with E-state index in [2.05, 4.69) is 10.2 Å². The Morgan fingerprint density at radius 3 is 3.00 bits per heavy atom. The fraction of sp³-hybridized carbons (Fsp3) is 1.00. The highest BCUT2D eigenvalue weighted by atomic mass is 15.2. The summed E-state index contributed by atoms with van der Waals surface area (Å²) in [4.78, 5) is 0. The Hall–Kier alpha value is -0.400. The summed E-state index contributed by atoms with van der Waals surface area (Å²) in [7, 11) is 0. The minimum absolute atomic E-state index is 0.661. The quantitative estimate of drug-likeness (QED) is 0.433. The van der Waals surface area contributed by atoms with Gasteiger partial charge < -0.3 is 0 Å². The van der Waals surface area contributed by atoms with Gasteiger partial charge in [0.2, 0.25) is 0 Å². The summed E-state index contributed by atoms with van der Waals surface area (Å²) in [6.45, 7) is 0.987. The molecule has 0 unspecified atom stereocenters. The van der Waals surface area contributed by atoms with Gasteiger partial charge in [0.1, 0.15) is 0 Å². The summed E-state index contributed by atoms with van der Waals surface area (Å²) in [6.07, 6.45) is 2.62. The lowest BCUT2D eigenvalue weighted by Crippen LogP contribution is -1.92. The van der Waals surface area contributed by atoms with Gasteiger partial charge in [0, 0.05) is 0 Å². The molecule has 2 heteroatoms. The van der Waals surface area contributed by atoms with Crippen molar-refractivity contribution in [3.63, 3.8) is 0 Å². The van der Waals surface area contributed by atoms with Crippen molar-refractivity contribution >= 4 is 0 Å². The predicted molar refractivity (Wildman–Crippen MR) is 26.2 cm³/mol. The van der Waals surface area contributed by atoms with Crippen LogP contribution in [0.4, 0.5) is 0 Å². The van der Waals surface area contributed by atoms with Crippen molar-refractivity contribution in [3.05, 3.63) is 0 Å². The van der Waals surface area contributed by atoms with E-state index in [4.69, 9.17) is 0 Å². The molecule has 7 heavy (non-hydrogen) atoms. The standard InChI is InChI=1S/C5H8N2/c1-2-6-7-5-3-4(1)5/h4-5H,1-3H2/t4-,5+/m1/s1. The topological polar surface area (TPSA) is 24.7 Å². The molecular formula is C5H8N2. The van der Waals surface area contributed by atoms with E-state index in [0.717, 1.165) is 12.5 Å². The fourth-order valence-corrected chi connectivity index (χ4v) is 1.07. The number of rotatable bonds is 0. The first-order valence-corrected chi connectivity index (χ1v) is 2.83.